The van der Waals surface area contributed by atoms with Gasteiger partial charge in [-0.15, -0.1) is 0 Å². The summed E-state index contributed by atoms with van der Waals surface area (Å²) in [6.07, 6.45) is 16.3. The summed E-state index contributed by atoms with van der Waals surface area (Å²) >= 11 is 0. The van der Waals surface area contributed by atoms with Gasteiger partial charge in [-0.2, -0.15) is 0 Å². The van der Waals surface area contributed by atoms with Gasteiger partial charge in [-0.25, -0.2) is 0 Å². The molecule has 4 heteroatoms. The van der Waals surface area contributed by atoms with Gasteiger partial charge in [0, 0.05) is 18.5 Å². The number of ether oxygens (including phenoxy) is 1. The molecule has 1 aliphatic heterocycles. The molecule has 1 saturated heterocycles. The smallest absolute Gasteiger partial charge is 0.223 e. The Bertz CT molecular complexity index is 701. The SMILES string of the molecule is COc1ccccc1C1CCN(CC(CC2CCCCC2)NC(=O)C2CCCCC2)CC1. The van der Waals surface area contributed by atoms with E-state index in [4.69, 9.17) is 4.74 Å². The highest BCUT2D eigenvalue weighted by Gasteiger charge is 2.29. The number of nitrogens with zero attached hydrogens (tertiary/aromatic N) is 1. The van der Waals surface area contributed by atoms with E-state index < -0.39 is 0 Å². The number of likely N-dealkylation sites (tertiary alicyclic amines) is 1. The van der Waals surface area contributed by atoms with Crippen LogP contribution in [0.1, 0.15) is 95.0 Å². The van der Waals surface area contributed by atoms with Gasteiger partial charge in [-0.1, -0.05) is 69.6 Å². The first kappa shape index (κ1) is 23.6. The van der Waals surface area contributed by atoms with E-state index >= 15 is 0 Å². The van der Waals surface area contributed by atoms with E-state index in [-0.39, 0.29) is 5.92 Å². The van der Waals surface area contributed by atoms with Crippen LogP contribution in [0.5, 0.6) is 5.75 Å². The monoisotopic (exact) mass is 440 g/mol. The number of piperidine rings is 1. The zero-order valence-corrected chi connectivity index (χ0v) is 20.2. The van der Waals surface area contributed by atoms with Crippen molar-refractivity contribution in [3.63, 3.8) is 0 Å². The van der Waals surface area contributed by atoms with Crippen LogP contribution in [-0.2, 0) is 4.79 Å². The maximum Gasteiger partial charge on any atom is 0.223 e. The predicted molar refractivity (Wildman–Crippen MR) is 131 cm³/mol. The Morgan fingerprint density at radius 3 is 2.31 bits per heavy atom. The van der Waals surface area contributed by atoms with Crippen molar-refractivity contribution < 1.29 is 9.53 Å². The molecule has 1 amide bonds. The number of carbonyl (C=O) groups is 1. The molecule has 1 aromatic rings. The molecular formula is C28H44N2O2. The molecule has 0 radical (unpaired) electrons. The van der Waals surface area contributed by atoms with Crippen molar-refractivity contribution in [1.82, 2.24) is 10.2 Å². The lowest BCUT2D eigenvalue weighted by molar-refractivity contribution is -0.127. The number of rotatable bonds is 8. The van der Waals surface area contributed by atoms with Crippen molar-refractivity contribution in [3.05, 3.63) is 29.8 Å². The normalized spacial score (nSPS) is 23.0. The second kappa shape index (κ2) is 12.1. The van der Waals surface area contributed by atoms with Crippen molar-refractivity contribution in [2.45, 2.75) is 95.4 Å². The predicted octanol–water partition coefficient (Wildman–Crippen LogP) is 5.91. The molecule has 0 aromatic heterocycles. The lowest BCUT2D eigenvalue weighted by atomic mass is 9.83. The number of para-hydroxylation sites is 1. The van der Waals surface area contributed by atoms with Crippen LogP contribution in [0, 0.1) is 11.8 Å². The molecule has 1 unspecified atom stereocenters. The number of benzene rings is 1. The molecule has 32 heavy (non-hydrogen) atoms. The largest absolute Gasteiger partial charge is 0.496 e. The van der Waals surface area contributed by atoms with E-state index in [0.29, 0.717) is 17.9 Å². The summed E-state index contributed by atoms with van der Waals surface area (Å²) in [5.74, 6) is 3.01. The van der Waals surface area contributed by atoms with E-state index in [1.54, 1.807) is 7.11 Å². The molecule has 4 nitrogen and oxygen atoms in total. The van der Waals surface area contributed by atoms with Crippen LogP contribution in [0.2, 0.25) is 0 Å². The van der Waals surface area contributed by atoms with Crippen molar-refractivity contribution in [1.29, 1.82) is 0 Å². The van der Waals surface area contributed by atoms with Crippen molar-refractivity contribution in [2.75, 3.05) is 26.7 Å². The van der Waals surface area contributed by atoms with E-state index in [1.807, 2.05) is 0 Å². The highest BCUT2D eigenvalue weighted by molar-refractivity contribution is 5.79. The molecule has 3 aliphatic rings. The van der Waals surface area contributed by atoms with E-state index in [0.717, 1.165) is 44.1 Å². The molecule has 178 valence electrons. The van der Waals surface area contributed by atoms with Crippen LogP contribution in [-0.4, -0.2) is 43.6 Å². The summed E-state index contributed by atoms with van der Waals surface area (Å²) in [7, 11) is 1.78. The fraction of sp³-hybridized carbons (Fsp3) is 0.750. The molecule has 2 saturated carbocycles. The van der Waals surface area contributed by atoms with Crippen LogP contribution in [0.3, 0.4) is 0 Å². The maximum atomic E-state index is 13.1. The Kier molecular flexibility index (Phi) is 8.90. The summed E-state index contributed by atoms with van der Waals surface area (Å²) in [6, 6.07) is 8.82. The van der Waals surface area contributed by atoms with Gasteiger partial charge in [0.15, 0.2) is 0 Å². The zero-order chi connectivity index (χ0) is 22.2. The quantitative estimate of drug-likeness (QED) is 0.546. The van der Waals surface area contributed by atoms with Crippen LogP contribution in [0.15, 0.2) is 24.3 Å². The Hall–Kier alpha value is -1.55. The second-order valence-electron chi connectivity index (χ2n) is 10.6. The fourth-order valence-electron chi connectivity index (χ4n) is 6.43. The Morgan fingerprint density at radius 1 is 0.969 bits per heavy atom. The first-order valence-corrected chi connectivity index (χ1v) is 13.4. The third kappa shape index (κ3) is 6.50. The second-order valence-corrected chi connectivity index (χ2v) is 10.6. The molecule has 3 fully saturated rings. The zero-order valence-electron chi connectivity index (χ0n) is 20.2. The molecule has 2 aliphatic carbocycles. The molecule has 1 N–H and O–H groups in total. The van der Waals surface area contributed by atoms with Gasteiger partial charge in [0.1, 0.15) is 5.75 Å². The Morgan fingerprint density at radius 2 is 1.62 bits per heavy atom. The van der Waals surface area contributed by atoms with Crippen molar-refractivity contribution in [2.24, 2.45) is 11.8 Å². The number of carbonyl (C=O) groups excluding carboxylic acids is 1. The van der Waals surface area contributed by atoms with Crippen LogP contribution >= 0.6 is 0 Å². The summed E-state index contributed by atoms with van der Waals surface area (Å²) < 4.78 is 5.61. The number of hydrogen-bond donors (Lipinski definition) is 1. The summed E-state index contributed by atoms with van der Waals surface area (Å²) in [6.45, 7) is 3.25. The van der Waals surface area contributed by atoms with Gasteiger partial charge in [0.2, 0.25) is 5.91 Å². The highest BCUT2D eigenvalue weighted by Crippen LogP contribution is 2.34. The standard InChI is InChI=1S/C28H44N2O2/c1-32-27-15-9-8-14-26(27)23-16-18-30(19-17-23)21-25(20-22-10-4-2-5-11-22)29-28(31)24-12-6-3-7-13-24/h8-9,14-15,22-25H,2-7,10-13,16-21H2,1H3,(H,29,31). The fourth-order valence-corrected chi connectivity index (χ4v) is 6.43. The highest BCUT2D eigenvalue weighted by atomic mass is 16.5. The van der Waals surface area contributed by atoms with Gasteiger partial charge in [0.25, 0.3) is 0 Å². The van der Waals surface area contributed by atoms with Gasteiger partial charge in [-0.05, 0) is 68.7 Å². The molecule has 1 aromatic carbocycles. The number of methoxy groups -OCH3 is 1. The number of amides is 1. The summed E-state index contributed by atoms with van der Waals surface area (Å²) in [4.78, 5) is 15.7. The molecule has 4 rings (SSSR count). The minimum absolute atomic E-state index is 0.258. The number of nitrogens with one attached hydrogen (secondary N) is 1. The minimum atomic E-state index is 0.258. The van der Waals surface area contributed by atoms with Gasteiger partial charge >= 0.3 is 0 Å². The maximum absolute atomic E-state index is 13.1. The van der Waals surface area contributed by atoms with Crippen molar-refractivity contribution in [3.8, 4) is 5.75 Å². The van der Waals surface area contributed by atoms with Gasteiger partial charge in [-0.3, -0.25) is 4.79 Å². The molecule has 1 heterocycles. The Labute approximate surface area is 195 Å². The minimum Gasteiger partial charge on any atom is -0.496 e. The van der Waals surface area contributed by atoms with Gasteiger partial charge in [0.05, 0.1) is 7.11 Å². The lowest BCUT2D eigenvalue weighted by Gasteiger charge is -2.37. The third-order valence-corrected chi connectivity index (χ3v) is 8.31. The molecule has 0 bridgehead atoms. The van der Waals surface area contributed by atoms with Crippen molar-refractivity contribution >= 4 is 5.91 Å². The molecule has 0 spiro atoms. The van der Waals surface area contributed by atoms with E-state index in [9.17, 15) is 4.79 Å². The van der Waals surface area contributed by atoms with E-state index in [1.165, 1.54) is 76.2 Å². The third-order valence-electron chi connectivity index (χ3n) is 8.31. The Balaban J connectivity index is 1.33. The average Bonchev–Trinajstić information content (AvgIpc) is 2.85. The van der Waals surface area contributed by atoms with Crippen LogP contribution < -0.4 is 10.1 Å². The van der Waals surface area contributed by atoms with Crippen LogP contribution in [0.4, 0.5) is 0 Å². The lowest BCUT2D eigenvalue weighted by Crippen LogP contribution is -2.48. The summed E-state index contributed by atoms with van der Waals surface area (Å²) in [5, 5.41) is 3.54. The van der Waals surface area contributed by atoms with E-state index in [2.05, 4.69) is 34.5 Å². The molecular weight excluding hydrogens is 396 g/mol. The first-order chi connectivity index (χ1) is 15.7. The summed E-state index contributed by atoms with van der Waals surface area (Å²) in [5.41, 5.74) is 1.36. The number of hydrogen-bond acceptors (Lipinski definition) is 3. The first-order valence-electron chi connectivity index (χ1n) is 13.4. The van der Waals surface area contributed by atoms with Gasteiger partial charge < -0.3 is 15.0 Å². The average molecular weight is 441 g/mol. The molecule has 1 atom stereocenters. The topological polar surface area (TPSA) is 41.6 Å². The van der Waals surface area contributed by atoms with Crippen LogP contribution in [0.25, 0.3) is 0 Å².